The van der Waals surface area contributed by atoms with E-state index in [1.165, 1.54) is 161 Å². The molecule has 0 aliphatic carbocycles. The second kappa shape index (κ2) is 43.5. The van der Waals surface area contributed by atoms with Crippen molar-refractivity contribution >= 4 is 17.9 Å². The first-order valence-electron chi connectivity index (χ1n) is 25.6. The fourth-order valence-corrected chi connectivity index (χ4v) is 7.73. The molecule has 0 aliphatic rings. The lowest BCUT2D eigenvalue weighted by Crippen LogP contribution is -2.30. The molecular formula is C52H100O6. The highest BCUT2D eigenvalue weighted by Gasteiger charge is 2.19. The Hall–Kier alpha value is -1.59. The van der Waals surface area contributed by atoms with E-state index in [-0.39, 0.29) is 31.1 Å². The van der Waals surface area contributed by atoms with Crippen LogP contribution in [-0.2, 0) is 28.6 Å². The second-order valence-corrected chi connectivity index (χ2v) is 19.0. The quantitative estimate of drug-likeness (QED) is 0.0346. The highest BCUT2D eigenvalue weighted by Crippen LogP contribution is 2.18. The predicted molar refractivity (Wildman–Crippen MR) is 247 cm³/mol. The van der Waals surface area contributed by atoms with Crippen molar-refractivity contribution in [1.82, 2.24) is 0 Å². The van der Waals surface area contributed by atoms with Crippen molar-refractivity contribution in [3.8, 4) is 0 Å². The molecule has 0 aliphatic heterocycles. The first-order chi connectivity index (χ1) is 28.1. The molecule has 0 radical (unpaired) electrons. The molecule has 344 valence electrons. The fourth-order valence-electron chi connectivity index (χ4n) is 7.73. The van der Waals surface area contributed by atoms with Crippen LogP contribution in [0.25, 0.3) is 0 Å². The SMILES string of the molecule is CCC(C)CCCCCCCCCCC(=O)O[C@H](COC(=O)CCCCCCCCCCCCCCCCC(C)C)COC(=O)CCCCCCCCCCC(C)C. The van der Waals surface area contributed by atoms with E-state index in [1.807, 2.05) is 0 Å². The Morgan fingerprint density at radius 3 is 0.897 bits per heavy atom. The van der Waals surface area contributed by atoms with E-state index in [0.29, 0.717) is 19.3 Å². The highest BCUT2D eigenvalue weighted by molar-refractivity contribution is 5.71. The van der Waals surface area contributed by atoms with Crippen LogP contribution in [0.15, 0.2) is 0 Å². The second-order valence-electron chi connectivity index (χ2n) is 19.0. The third kappa shape index (κ3) is 44.0. The van der Waals surface area contributed by atoms with Gasteiger partial charge in [0.05, 0.1) is 0 Å². The number of carbonyl (C=O) groups excluding carboxylic acids is 3. The molecule has 0 aromatic carbocycles. The maximum atomic E-state index is 12.8. The van der Waals surface area contributed by atoms with Gasteiger partial charge in [0.25, 0.3) is 0 Å². The monoisotopic (exact) mass is 821 g/mol. The molecule has 2 atom stereocenters. The van der Waals surface area contributed by atoms with Crippen LogP contribution in [-0.4, -0.2) is 37.2 Å². The number of esters is 3. The van der Waals surface area contributed by atoms with E-state index in [2.05, 4.69) is 41.5 Å². The maximum Gasteiger partial charge on any atom is 0.306 e. The molecule has 1 unspecified atom stereocenters. The first kappa shape index (κ1) is 56.4. The summed E-state index contributed by atoms with van der Waals surface area (Å²) in [6.07, 6.45) is 42.3. The first-order valence-corrected chi connectivity index (χ1v) is 25.6. The van der Waals surface area contributed by atoms with Crippen molar-refractivity contribution in [2.75, 3.05) is 13.2 Å². The molecule has 0 fully saturated rings. The zero-order valence-electron chi connectivity index (χ0n) is 39.8. The number of carbonyl (C=O) groups is 3. The topological polar surface area (TPSA) is 78.9 Å². The molecule has 0 rings (SSSR count). The van der Waals surface area contributed by atoms with Crippen molar-refractivity contribution in [3.05, 3.63) is 0 Å². The van der Waals surface area contributed by atoms with Gasteiger partial charge in [0.2, 0.25) is 0 Å². The summed E-state index contributed by atoms with van der Waals surface area (Å²) in [5.41, 5.74) is 0. The van der Waals surface area contributed by atoms with Crippen molar-refractivity contribution in [3.63, 3.8) is 0 Å². The Morgan fingerprint density at radius 1 is 0.345 bits per heavy atom. The smallest absolute Gasteiger partial charge is 0.306 e. The summed E-state index contributed by atoms with van der Waals surface area (Å²) in [7, 11) is 0. The van der Waals surface area contributed by atoms with Gasteiger partial charge in [0.15, 0.2) is 6.10 Å². The molecule has 0 spiro atoms. The van der Waals surface area contributed by atoms with E-state index >= 15 is 0 Å². The van der Waals surface area contributed by atoms with Crippen LogP contribution in [0.3, 0.4) is 0 Å². The molecule has 58 heavy (non-hydrogen) atoms. The lowest BCUT2D eigenvalue weighted by atomic mass is 9.99. The average molecular weight is 821 g/mol. The average Bonchev–Trinajstić information content (AvgIpc) is 3.19. The van der Waals surface area contributed by atoms with Gasteiger partial charge in [0, 0.05) is 19.3 Å². The van der Waals surface area contributed by atoms with Crippen molar-refractivity contribution in [1.29, 1.82) is 0 Å². The van der Waals surface area contributed by atoms with E-state index in [9.17, 15) is 14.4 Å². The van der Waals surface area contributed by atoms with Gasteiger partial charge >= 0.3 is 17.9 Å². The minimum Gasteiger partial charge on any atom is -0.462 e. The van der Waals surface area contributed by atoms with Gasteiger partial charge in [0.1, 0.15) is 13.2 Å². The minimum atomic E-state index is -0.763. The number of ether oxygens (including phenoxy) is 3. The normalized spacial score (nSPS) is 12.6. The Balaban J connectivity index is 4.29. The molecular weight excluding hydrogens is 721 g/mol. The van der Waals surface area contributed by atoms with Crippen LogP contribution < -0.4 is 0 Å². The minimum absolute atomic E-state index is 0.0653. The Kier molecular flexibility index (Phi) is 42.3. The summed E-state index contributed by atoms with van der Waals surface area (Å²) in [6, 6.07) is 0. The molecule has 0 saturated heterocycles. The number of unbranched alkanes of at least 4 members (excludes halogenated alkanes) is 27. The molecule has 0 aromatic rings. The van der Waals surface area contributed by atoms with Gasteiger partial charge in [-0.05, 0) is 37.0 Å². The predicted octanol–water partition coefficient (Wildman–Crippen LogP) is 16.4. The molecule has 6 nitrogen and oxygen atoms in total. The highest BCUT2D eigenvalue weighted by atomic mass is 16.6. The Bertz CT molecular complexity index is 900. The summed E-state index contributed by atoms with van der Waals surface area (Å²) < 4.78 is 16.8. The summed E-state index contributed by atoms with van der Waals surface area (Å²) in [6.45, 7) is 13.7. The van der Waals surface area contributed by atoms with Gasteiger partial charge < -0.3 is 14.2 Å². The van der Waals surface area contributed by atoms with Gasteiger partial charge in [-0.15, -0.1) is 0 Å². The number of hydrogen-bond acceptors (Lipinski definition) is 6. The van der Waals surface area contributed by atoms with E-state index in [0.717, 1.165) is 75.5 Å². The standard InChI is InChI=1S/C52H100O6/c1-7-48(6)40-34-28-22-17-19-25-31-37-43-52(55)58-49(45-57-51(54)42-36-30-24-18-16-21-27-33-39-47(4)5)44-56-50(53)41-35-29-23-15-13-11-9-8-10-12-14-20-26-32-38-46(2)3/h46-49H,7-45H2,1-6H3/t48?,49-/m1/s1. The lowest BCUT2D eigenvalue weighted by Gasteiger charge is -2.18. The van der Waals surface area contributed by atoms with Gasteiger partial charge in [-0.2, -0.15) is 0 Å². The van der Waals surface area contributed by atoms with Gasteiger partial charge in [-0.1, -0.05) is 241 Å². The molecule has 0 amide bonds. The molecule has 6 heteroatoms. The lowest BCUT2D eigenvalue weighted by molar-refractivity contribution is -0.167. The van der Waals surface area contributed by atoms with Gasteiger partial charge in [-0.25, -0.2) is 0 Å². The molecule has 0 aromatic heterocycles. The Morgan fingerprint density at radius 2 is 0.603 bits per heavy atom. The largest absolute Gasteiger partial charge is 0.462 e. The summed E-state index contributed by atoms with van der Waals surface area (Å²) in [5.74, 6) is 1.63. The van der Waals surface area contributed by atoms with Crippen molar-refractivity contribution < 1.29 is 28.6 Å². The van der Waals surface area contributed by atoms with Crippen LogP contribution in [0.1, 0.15) is 279 Å². The molecule has 0 heterocycles. The molecule has 0 saturated carbocycles. The van der Waals surface area contributed by atoms with E-state index in [4.69, 9.17) is 14.2 Å². The third-order valence-corrected chi connectivity index (χ3v) is 12.0. The molecule has 0 bridgehead atoms. The van der Waals surface area contributed by atoms with E-state index in [1.54, 1.807) is 0 Å². The van der Waals surface area contributed by atoms with Crippen LogP contribution in [0.4, 0.5) is 0 Å². The summed E-state index contributed by atoms with van der Waals surface area (Å²) in [4.78, 5) is 37.9. The van der Waals surface area contributed by atoms with Crippen molar-refractivity contribution in [2.45, 2.75) is 285 Å². The summed E-state index contributed by atoms with van der Waals surface area (Å²) >= 11 is 0. The zero-order chi connectivity index (χ0) is 42.7. The number of rotatable bonds is 45. The Labute approximate surface area is 361 Å². The third-order valence-electron chi connectivity index (χ3n) is 12.0. The zero-order valence-corrected chi connectivity index (χ0v) is 39.8. The number of hydrogen-bond donors (Lipinski definition) is 0. The van der Waals surface area contributed by atoms with E-state index < -0.39 is 6.10 Å². The summed E-state index contributed by atoms with van der Waals surface area (Å²) in [5, 5.41) is 0. The van der Waals surface area contributed by atoms with Crippen LogP contribution in [0.2, 0.25) is 0 Å². The van der Waals surface area contributed by atoms with Crippen LogP contribution in [0, 0.1) is 17.8 Å². The van der Waals surface area contributed by atoms with Gasteiger partial charge in [-0.3, -0.25) is 14.4 Å². The fraction of sp³-hybridized carbons (Fsp3) is 0.942. The van der Waals surface area contributed by atoms with Crippen LogP contribution in [0.5, 0.6) is 0 Å². The van der Waals surface area contributed by atoms with Crippen LogP contribution >= 0.6 is 0 Å². The molecule has 0 N–H and O–H groups in total. The maximum absolute atomic E-state index is 12.8. The van der Waals surface area contributed by atoms with Crippen molar-refractivity contribution in [2.24, 2.45) is 17.8 Å².